The van der Waals surface area contributed by atoms with Gasteiger partial charge < -0.3 is 10.6 Å². The molecule has 1 aromatic heterocycles. The van der Waals surface area contributed by atoms with Gasteiger partial charge in [-0.1, -0.05) is 45.0 Å². The monoisotopic (exact) mass is 482 g/mol. The lowest BCUT2D eigenvalue weighted by Crippen LogP contribution is -2.41. The second kappa shape index (κ2) is 9.03. The molecule has 0 fully saturated rings. The molecule has 1 aliphatic rings. The maximum atomic E-state index is 4.58. The Kier molecular flexibility index (Phi) is 7.25. The summed E-state index contributed by atoms with van der Waals surface area (Å²) in [5.74, 6) is 2.63. The van der Waals surface area contributed by atoms with E-state index in [2.05, 4.69) is 70.7 Å². The topological polar surface area (TPSA) is 67.1 Å². The first kappa shape index (κ1) is 21.7. The van der Waals surface area contributed by atoms with Gasteiger partial charge in [0, 0.05) is 20.1 Å². The summed E-state index contributed by atoms with van der Waals surface area (Å²) in [6.45, 7) is 10.3. The molecule has 0 saturated heterocycles. The number of benzene rings is 1. The van der Waals surface area contributed by atoms with Crippen molar-refractivity contribution in [3.63, 3.8) is 0 Å². The van der Waals surface area contributed by atoms with Crippen molar-refractivity contribution in [2.75, 3.05) is 7.05 Å². The van der Waals surface area contributed by atoms with Crippen molar-refractivity contribution in [1.82, 2.24) is 25.4 Å². The van der Waals surface area contributed by atoms with E-state index in [-0.39, 0.29) is 35.4 Å². The highest BCUT2D eigenvalue weighted by Gasteiger charge is 2.24. The van der Waals surface area contributed by atoms with Gasteiger partial charge in [-0.25, -0.2) is 9.67 Å². The number of nitrogens with one attached hydrogen (secondary N) is 2. The molecule has 1 unspecified atom stereocenters. The van der Waals surface area contributed by atoms with E-state index in [1.165, 1.54) is 11.1 Å². The third kappa shape index (κ3) is 5.43. The average molecular weight is 482 g/mol. The molecule has 6 nitrogen and oxygen atoms in total. The predicted octanol–water partition coefficient (Wildman–Crippen LogP) is 3.70. The molecule has 2 heterocycles. The lowest BCUT2D eigenvalue weighted by molar-refractivity contribution is 0.397. The maximum Gasteiger partial charge on any atom is 0.191 e. The Labute approximate surface area is 179 Å². The number of rotatable bonds is 3. The molecular formula is C20H31IN6. The fourth-order valence-electron chi connectivity index (χ4n) is 3.27. The Balaban J connectivity index is 0.00000261. The van der Waals surface area contributed by atoms with Gasteiger partial charge in [0.25, 0.3) is 0 Å². The van der Waals surface area contributed by atoms with Gasteiger partial charge in [-0.05, 0) is 36.3 Å². The molecule has 0 radical (unpaired) electrons. The predicted molar refractivity (Wildman–Crippen MR) is 121 cm³/mol. The molecular weight excluding hydrogens is 451 g/mol. The van der Waals surface area contributed by atoms with Crippen molar-refractivity contribution < 1.29 is 0 Å². The summed E-state index contributed by atoms with van der Waals surface area (Å²) in [4.78, 5) is 8.95. The first-order chi connectivity index (χ1) is 12.4. The Bertz CT molecular complexity index is 773. The molecule has 27 heavy (non-hydrogen) atoms. The number of hydrogen-bond donors (Lipinski definition) is 2. The van der Waals surface area contributed by atoms with E-state index in [1.807, 2.05) is 11.6 Å². The molecule has 2 N–H and O–H groups in total. The molecule has 1 aliphatic heterocycles. The zero-order valence-electron chi connectivity index (χ0n) is 16.9. The fraction of sp³-hybridized carbons (Fsp3) is 0.550. The molecule has 2 aromatic rings. The first-order valence-corrected chi connectivity index (χ1v) is 9.35. The highest BCUT2D eigenvalue weighted by Crippen LogP contribution is 2.23. The Hall–Kier alpha value is -1.64. The minimum absolute atomic E-state index is 0. The molecule has 1 aromatic carbocycles. The van der Waals surface area contributed by atoms with Crippen molar-refractivity contribution in [3.8, 4) is 0 Å². The van der Waals surface area contributed by atoms with E-state index in [4.69, 9.17) is 0 Å². The zero-order chi connectivity index (χ0) is 18.7. The van der Waals surface area contributed by atoms with E-state index >= 15 is 0 Å². The van der Waals surface area contributed by atoms with Crippen LogP contribution in [-0.4, -0.2) is 27.8 Å². The van der Waals surface area contributed by atoms with E-state index in [0.717, 1.165) is 43.5 Å². The Morgan fingerprint density at radius 3 is 2.59 bits per heavy atom. The van der Waals surface area contributed by atoms with E-state index in [9.17, 15) is 0 Å². The van der Waals surface area contributed by atoms with Crippen molar-refractivity contribution in [2.45, 2.75) is 65.1 Å². The van der Waals surface area contributed by atoms with Crippen LogP contribution >= 0.6 is 24.0 Å². The molecule has 0 amide bonds. The van der Waals surface area contributed by atoms with Gasteiger partial charge in [0.05, 0.1) is 6.04 Å². The van der Waals surface area contributed by atoms with E-state index in [1.54, 1.807) is 7.05 Å². The van der Waals surface area contributed by atoms with Crippen molar-refractivity contribution >= 4 is 29.9 Å². The van der Waals surface area contributed by atoms with E-state index in [0.29, 0.717) is 0 Å². The summed E-state index contributed by atoms with van der Waals surface area (Å²) < 4.78 is 2.01. The zero-order valence-corrected chi connectivity index (χ0v) is 19.2. The summed E-state index contributed by atoms with van der Waals surface area (Å²) in [6.07, 6.45) is 2.14. The van der Waals surface area contributed by atoms with Crippen LogP contribution in [0, 0.1) is 6.92 Å². The van der Waals surface area contributed by atoms with Crippen LogP contribution < -0.4 is 10.6 Å². The number of aliphatic imine (C=N–C) groups is 1. The first-order valence-electron chi connectivity index (χ1n) is 9.35. The van der Waals surface area contributed by atoms with Gasteiger partial charge >= 0.3 is 0 Å². The second-order valence-corrected chi connectivity index (χ2v) is 7.95. The smallest absolute Gasteiger partial charge is 0.191 e. The quantitative estimate of drug-likeness (QED) is 0.398. The van der Waals surface area contributed by atoms with Crippen LogP contribution in [0.5, 0.6) is 0 Å². The van der Waals surface area contributed by atoms with Crippen LogP contribution in [0.25, 0.3) is 0 Å². The summed E-state index contributed by atoms with van der Waals surface area (Å²) in [7, 11) is 1.80. The van der Waals surface area contributed by atoms with Crippen LogP contribution in [0.1, 0.15) is 62.4 Å². The number of aromatic nitrogens is 3. The van der Waals surface area contributed by atoms with Crippen LogP contribution in [-0.2, 0) is 18.5 Å². The number of nitrogens with zero attached hydrogens (tertiary/aromatic N) is 4. The average Bonchev–Trinajstić information content (AvgIpc) is 2.99. The minimum atomic E-state index is 0. The minimum Gasteiger partial charge on any atom is -0.352 e. The molecule has 7 heteroatoms. The summed E-state index contributed by atoms with van der Waals surface area (Å²) in [5.41, 5.74) is 2.77. The Morgan fingerprint density at radius 1 is 1.26 bits per heavy atom. The van der Waals surface area contributed by atoms with Gasteiger partial charge in [-0.3, -0.25) is 4.99 Å². The van der Waals surface area contributed by atoms with Crippen molar-refractivity contribution in [1.29, 1.82) is 0 Å². The van der Waals surface area contributed by atoms with Crippen LogP contribution in [0.3, 0.4) is 0 Å². The number of aryl methyl sites for hydroxylation is 2. The molecule has 3 rings (SSSR count). The van der Waals surface area contributed by atoms with Gasteiger partial charge in [-0.2, -0.15) is 5.10 Å². The highest BCUT2D eigenvalue weighted by atomic mass is 127. The summed E-state index contributed by atoms with van der Waals surface area (Å²) >= 11 is 0. The summed E-state index contributed by atoms with van der Waals surface area (Å²) in [6, 6.07) is 8.93. The van der Waals surface area contributed by atoms with Crippen LogP contribution in [0.15, 0.2) is 29.3 Å². The molecule has 148 valence electrons. The largest absolute Gasteiger partial charge is 0.352 e. The Morgan fingerprint density at radius 2 is 1.96 bits per heavy atom. The fourth-order valence-corrected chi connectivity index (χ4v) is 3.27. The number of halogens is 1. The molecule has 0 saturated carbocycles. The molecule has 0 aliphatic carbocycles. The maximum absolute atomic E-state index is 4.58. The number of hydrogen-bond acceptors (Lipinski definition) is 3. The third-order valence-corrected chi connectivity index (χ3v) is 4.80. The van der Waals surface area contributed by atoms with E-state index < -0.39 is 0 Å². The molecule has 1 atom stereocenters. The summed E-state index contributed by atoms with van der Waals surface area (Å²) in [5, 5.41) is 11.4. The SMILES string of the molecule is CN=C(NCc1ccc(C(C)(C)C)cc1)NC1CCCn2nc(C)nc21.I. The van der Waals surface area contributed by atoms with Gasteiger partial charge in [0.1, 0.15) is 11.6 Å². The van der Waals surface area contributed by atoms with Gasteiger partial charge in [-0.15, -0.1) is 24.0 Å². The number of guanidine groups is 1. The molecule has 0 bridgehead atoms. The van der Waals surface area contributed by atoms with Gasteiger partial charge in [0.15, 0.2) is 5.96 Å². The number of fused-ring (bicyclic) bond motifs is 1. The van der Waals surface area contributed by atoms with Crippen LogP contribution in [0.2, 0.25) is 0 Å². The van der Waals surface area contributed by atoms with Crippen LogP contribution in [0.4, 0.5) is 0 Å². The lowest BCUT2D eigenvalue weighted by atomic mass is 9.87. The van der Waals surface area contributed by atoms with Crippen molar-refractivity contribution in [3.05, 3.63) is 47.0 Å². The normalized spacial score (nSPS) is 17.1. The molecule has 0 spiro atoms. The van der Waals surface area contributed by atoms with Gasteiger partial charge in [0.2, 0.25) is 0 Å². The second-order valence-electron chi connectivity index (χ2n) is 7.95. The highest BCUT2D eigenvalue weighted by molar-refractivity contribution is 14.0. The van der Waals surface area contributed by atoms with Crippen molar-refractivity contribution in [2.24, 2.45) is 4.99 Å². The third-order valence-electron chi connectivity index (χ3n) is 4.80. The lowest BCUT2D eigenvalue weighted by Gasteiger charge is -2.25. The standard InChI is InChI=1S/C20H30N6.HI/c1-14-23-18-17(7-6-12-26(18)25-14)24-19(21-5)22-13-15-8-10-16(11-9-15)20(2,3)4;/h8-11,17H,6-7,12-13H2,1-5H3,(H2,21,22,24);1H.